The molecule has 8 nitrogen and oxygen atoms in total. The molecule has 2 N–H and O–H groups in total. The Morgan fingerprint density at radius 2 is 2.24 bits per heavy atom. The molecule has 2 unspecified atom stereocenters. The maximum absolute atomic E-state index is 11.6. The molecule has 2 atom stereocenters. The summed E-state index contributed by atoms with van der Waals surface area (Å²) >= 11 is 0. The van der Waals surface area contributed by atoms with Gasteiger partial charge < -0.3 is 10.6 Å². The minimum atomic E-state index is -2.85. The number of fused-ring (bicyclic) bond motifs is 1. The number of hydrogen-bond donors (Lipinski definition) is 2. The van der Waals surface area contributed by atoms with Crippen molar-refractivity contribution < 1.29 is 8.42 Å². The monoisotopic (exact) mass is 368 g/mol. The predicted molar refractivity (Wildman–Crippen MR) is 97.4 cm³/mol. The van der Waals surface area contributed by atoms with Crippen molar-refractivity contribution in [1.29, 1.82) is 0 Å². The van der Waals surface area contributed by atoms with Gasteiger partial charge in [0, 0.05) is 25.6 Å². The van der Waals surface area contributed by atoms with Gasteiger partial charge in [0.25, 0.3) is 0 Å². The van der Waals surface area contributed by atoms with Gasteiger partial charge in [-0.1, -0.05) is 6.92 Å². The first kappa shape index (κ1) is 18.2. The molecule has 0 spiro atoms. The van der Waals surface area contributed by atoms with E-state index in [0.717, 1.165) is 56.4 Å². The SMILES string of the molecule is CCCNC(=NCC1CCS(=O)(=O)C1)NC1CCc2nc(C)nn2C1. The Morgan fingerprint density at radius 1 is 1.40 bits per heavy atom. The molecule has 0 aliphatic carbocycles. The van der Waals surface area contributed by atoms with Crippen LogP contribution in [0.1, 0.15) is 37.8 Å². The van der Waals surface area contributed by atoms with Crippen LogP contribution in [0.5, 0.6) is 0 Å². The van der Waals surface area contributed by atoms with E-state index in [1.807, 2.05) is 11.6 Å². The number of rotatable bonds is 5. The molecule has 1 aromatic rings. The number of aryl methyl sites for hydroxylation is 2. The highest BCUT2D eigenvalue weighted by atomic mass is 32.2. The quantitative estimate of drug-likeness (QED) is 0.572. The highest BCUT2D eigenvalue weighted by molar-refractivity contribution is 7.91. The standard InChI is InChI=1S/C16H28N6O2S/c1-3-7-17-16(18-9-13-6-8-25(23,24)11-13)20-14-4-5-15-19-12(2)21-22(15)10-14/h13-14H,3-11H2,1-2H3,(H2,17,18,20). The second-order valence-corrected chi connectivity index (χ2v) is 9.25. The molecule has 3 rings (SSSR count). The number of aliphatic imine (C=N–C) groups is 1. The van der Waals surface area contributed by atoms with Crippen molar-refractivity contribution in [2.75, 3.05) is 24.6 Å². The van der Waals surface area contributed by atoms with E-state index in [2.05, 4.69) is 32.6 Å². The molecule has 1 fully saturated rings. The average molecular weight is 369 g/mol. The fourth-order valence-corrected chi connectivity index (χ4v) is 5.23. The summed E-state index contributed by atoms with van der Waals surface area (Å²) in [4.78, 5) is 9.09. The second-order valence-electron chi connectivity index (χ2n) is 7.02. The lowest BCUT2D eigenvalue weighted by atomic mass is 10.1. The zero-order valence-electron chi connectivity index (χ0n) is 15.0. The zero-order valence-corrected chi connectivity index (χ0v) is 15.8. The Hall–Kier alpha value is -1.64. The van der Waals surface area contributed by atoms with Crippen molar-refractivity contribution in [3.05, 3.63) is 11.6 Å². The molecule has 1 aromatic heterocycles. The Bertz CT molecular complexity index is 727. The molecule has 0 saturated carbocycles. The van der Waals surface area contributed by atoms with Crippen molar-refractivity contribution in [2.45, 2.75) is 52.1 Å². The summed E-state index contributed by atoms with van der Waals surface area (Å²) in [7, 11) is -2.85. The number of nitrogens with one attached hydrogen (secondary N) is 2. The summed E-state index contributed by atoms with van der Waals surface area (Å²) in [5, 5.41) is 11.3. The summed E-state index contributed by atoms with van der Waals surface area (Å²) in [6.07, 6.45) is 3.62. The third-order valence-electron chi connectivity index (χ3n) is 4.68. The van der Waals surface area contributed by atoms with Crippen LogP contribution in [0.15, 0.2) is 4.99 Å². The predicted octanol–water partition coefficient (Wildman–Crippen LogP) is 0.281. The Kier molecular flexibility index (Phi) is 5.61. The van der Waals surface area contributed by atoms with Crippen molar-refractivity contribution in [3.63, 3.8) is 0 Å². The Labute approximate surface area is 149 Å². The molecular formula is C16H28N6O2S. The number of sulfone groups is 1. The molecule has 3 heterocycles. The molecule has 0 amide bonds. The molecule has 25 heavy (non-hydrogen) atoms. The first-order valence-corrected chi connectivity index (χ1v) is 10.9. The van der Waals surface area contributed by atoms with Gasteiger partial charge >= 0.3 is 0 Å². The van der Waals surface area contributed by atoms with Crippen molar-refractivity contribution >= 4 is 15.8 Å². The highest BCUT2D eigenvalue weighted by Crippen LogP contribution is 2.18. The minimum Gasteiger partial charge on any atom is -0.356 e. The van der Waals surface area contributed by atoms with Gasteiger partial charge in [0.05, 0.1) is 18.1 Å². The minimum absolute atomic E-state index is 0.140. The van der Waals surface area contributed by atoms with Crippen LogP contribution in [-0.4, -0.2) is 59.8 Å². The first-order chi connectivity index (χ1) is 11.9. The van der Waals surface area contributed by atoms with E-state index in [1.165, 1.54) is 0 Å². The van der Waals surface area contributed by atoms with Crippen LogP contribution in [-0.2, 0) is 22.8 Å². The van der Waals surface area contributed by atoms with Crippen LogP contribution >= 0.6 is 0 Å². The molecule has 9 heteroatoms. The zero-order chi connectivity index (χ0) is 17.9. The third-order valence-corrected chi connectivity index (χ3v) is 6.52. The van der Waals surface area contributed by atoms with Crippen LogP contribution < -0.4 is 10.6 Å². The van der Waals surface area contributed by atoms with Gasteiger partial charge in [-0.15, -0.1) is 0 Å². The molecule has 0 bridgehead atoms. The molecule has 2 aliphatic heterocycles. The number of hydrogen-bond acceptors (Lipinski definition) is 5. The van der Waals surface area contributed by atoms with Gasteiger partial charge in [-0.2, -0.15) is 5.10 Å². The Balaban J connectivity index is 1.60. The van der Waals surface area contributed by atoms with E-state index < -0.39 is 9.84 Å². The lowest BCUT2D eigenvalue weighted by molar-refractivity contribution is 0.392. The maximum atomic E-state index is 11.6. The first-order valence-electron chi connectivity index (χ1n) is 9.11. The lowest BCUT2D eigenvalue weighted by Crippen LogP contribution is -2.47. The van der Waals surface area contributed by atoms with Crippen LogP contribution in [0, 0.1) is 12.8 Å². The smallest absolute Gasteiger partial charge is 0.191 e. The van der Waals surface area contributed by atoms with E-state index in [9.17, 15) is 8.42 Å². The molecule has 2 aliphatic rings. The fourth-order valence-electron chi connectivity index (χ4n) is 3.38. The topological polar surface area (TPSA) is 101 Å². The van der Waals surface area contributed by atoms with Crippen LogP contribution in [0.25, 0.3) is 0 Å². The van der Waals surface area contributed by atoms with E-state index in [-0.39, 0.29) is 17.7 Å². The molecular weight excluding hydrogens is 340 g/mol. The van der Waals surface area contributed by atoms with Crippen molar-refractivity contribution in [2.24, 2.45) is 10.9 Å². The van der Waals surface area contributed by atoms with Crippen molar-refractivity contribution in [3.8, 4) is 0 Å². The highest BCUT2D eigenvalue weighted by Gasteiger charge is 2.28. The number of aromatic nitrogens is 3. The van der Waals surface area contributed by atoms with Gasteiger partial charge in [0.2, 0.25) is 0 Å². The van der Waals surface area contributed by atoms with E-state index in [4.69, 9.17) is 0 Å². The lowest BCUT2D eigenvalue weighted by Gasteiger charge is -2.25. The molecule has 0 aromatic carbocycles. The molecule has 0 radical (unpaired) electrons. The van der Waals surface area contributed by atoms with E-state index in [0.29, 0.717) is 12.3 Å². The maximum Gasteiger partial charge on any atom is 0.191 e. The summed E-state index contributed by atoms with van der Waals surface area (Å²) in [6, 6.07) is 0.254. The van der Waals surface area contributed by atoms with E-state index in [1.54, 1.807) is 0 Å². The number of guanidine groups is 1. The molecule has 1 saturated heterocycles. The third kappa shape index (κ3) is 4.93. The number of nitrogens with zero attached hydrogens (tertiary/aromatic N) is 4. The fraction of sp³-hybridized carbons (Fsp3) is 0.812. The van der Waals surface area contributed by atoms with Gasteiger partial charge in [-0.25, -0.2) is 18.1 Å². The van der Waals surface area contributed by atoms with Gasteiger partial charge in [0.15, 0.2) is 15.8 Å². The summed E-state index contributed by atoms with van der Waals surface area (Å²) < 4.78 is 25.2. The van der Waals surface area contributed by atoms with Crippen LogP contribution in [0.2, 0.25) is 0 Å². The largest absolute Gasteiger partial charge is 0.356 e. The van der Waals surface area contributed by atoms with E-state index >= 15 is 0 Å². The average Bonchev–Trinajstić information content (AvgIpc) is 3.10. The van der Waals surface area contributed by atoms with Crippen molar-refractivity contribution in [1.82, 2.24) is 25.4 Å². The van der Waals surface area contributed by atoms with Gasteiger partial charge in [-0.3, -0.25) is 4.99 Å². The van der Waals surface area contributed by atoms with Crippen LogP contribution in [0.3, 0.4) is 0 Å². The van der Waals surface area contributed by atoms with Crippen LogP contribution in [0.4, 0.5) is 0 Å². The summed E-state index contributed by atoms with van der Waals surface area (Å²) in [5.41, 5.74) is 0. The second kappa shape index (κ2) is 7.72. The van der Waals surface area contributed by atoms with Gasteiger partial charge in [0.1, 0.15) is 11.6 Å². The van der Waals surface area contributed by atoms with Gasteiger partial charge in [-0.05, 0) is 32.1 Å². The molecule has 140 valence electrons. The normalized spacial score (nSPS) is 25.6. The Morgan fingerprint density at radius 3 is 2.96 bits per heavy atom. The summed E-state index contributed by atoms with van der Waals surface area (Å²) in [6.45, 7) is 6.20. The summed E-state index contributed by atoms with van der Waals surface area (Å²) in [5.74, 6) is 3.35.